The summed E-state index contributed by atoms with van der Waals surface area (Å²) in [6.45, 7) is 5.41. The van der Waals surface area contributed by atoms with Crippen molar-refractivity contribution < 1.29 is 8.42 Å². The van der Waals surface area contributed by atoms with Crippen LogP contribution in [0.3, 0.4) is 0 Å². The van der Waals surface area contributed by atoms with Gasteiger partial charge in [0.25, 0.3) is 0 Å². The van der Waals surface area contributed by atoms with Crippen molar-refractivity contribution in [2.45, 2.75) is 38.0 Å². The molecule has 0 atom stereocenters. The van der Waals surface area contributed by atoms with E-state index < -0.39 is 10.0 Å². The smallest absolute Gasteiger partial charge is 0.243 e. The molecule has 1 aromatic rings. The molecule has 108 valence electrons. The fourth-order valence-corrected chi connectivity index (χ4v) is 2.82. The molecule has 5 nitrogen and oxygen atoms in total. The van der Waals surface area contributed by atoms with E-state index in [0.29, 0.717) is 17.3 Å². The lowest BCUT2D eigenvalue weighted by Gasteiger charge is -2.17. The van der Waals surface area contributed by atoms with Crippen LogP contribution in [0.25, 0.3) is 0 Å². The van der Waals surface area contributed by atoms with Gasteiger partial charge in [-0.1, -0.05) is 20.3 Å². The van der Waals surface area contributed by atoms with Gasteiger partial charge in [0.05, 0.1) is 4.90 Å². The second kappa shape index (κ2) is 7.45. The molecule has 1 aromatic heterocycles. The molecule has 1 N–H and O–H groups in total. The Bertz CT molecular complexity index is 488. The van der Waals surface area contributed by atoms with Gasteiger partial charge in [0, 0.05) is 32.4 Å². The lowest BCUT2D eigenvalue weighted by Crippen LogP contribution is -2.28. The van der Waals surface area contributed by atoms with E-state index in [4.69, 9.17) is 0 Å². The van der Waals surface area contributed by atoms with Crippen LogP contribution in [0.1, 0.15) is 33.1 Å². The van der Waals surface area contributed by atoms with Crippen molar-refractivity contribution in [1.82, 2.24) is 9.29 Å². The second-order valence-corrected chi connectivity index (χ2v) is 6.53. The molecule has 0 aliphatic heterocycles. The predicted octanol–water partition coefficient (Wildman–Crippen LogP) is 2.32. The number of nitrogens with zero attached hydrogens (tertiary/aromatic N) is 2. The van der Waals surface area contributed by atoms with E-state index in [1.54, 1.807) is 13.1 Å². The molecule has 6 heteroatoms. The molecule has 0 unspecified atom stereocenters. The molecule has 0 aliphatic rings. The monoisotopic (exact) mass is 285 g/mol. The summed E-state index contributed by atoms with van der Waals surface area (Å²) in [5.41, 5.74) is 0. The van der Waals surface area contributed by atoms with Gasteiger partial charge in [-0.15, -0.1) is 0 Å². The minimum absolute atomic E-state index is 0.291. The van der Waals surface area contributed by atoms with E-state index in [2.05, 4.69) is 10.3 Å². The lowest BCUT2D eigenvalue weighted by molar-refractivity contribution is 0.459. The zero-order chi connectivity index (χ0) is 14.3. The Kier molecular flexibility index (Phi) is 6.24. The number of rotatable bonds is 8. The second-order valence-electron chi connectivity index (χ2n) is 4.48. The van der Waals surface area contributed by atoms with E-state index in [1.165, 1.54) is 16.6 Å². The molecule has 0 radical (unpaired) electrons. The number of unbranched alkanes of at least 4 members (excludes halogenated alkanes) is 1. The summed E-state index contributed by atoms with van der Waals surface area (Å²) in [7, 11) is -1.79. The van der Waals surface area contributed by atoms with Crippen LogP contribution < -0.4 is 5.32 Å². The van der Waals surface area contributed by atoms with Crippen molar-refractivity contribution >= 4 is 15.8 Å². The van der Waals surface area contributed by atoms with Gasteiger partial charge in [0.2, 0.25) is 10.0 Å². The lowest BCUT2D eigenvalue weighted by atomic mass is 10.3. The maximum absolute atomic E-state index is 12.3. The molecule has 0 amide bonds. The van der Waals surface area contributed by atoms with Crippen LogP contribution >= 0.6 is 0 Å². The third kappa shape index (κ3) is 4.47. The summed E-state index contributed by atoms with van der Waals surface area (Å²) in [5, 5.41) is 3.09. The molecule has 1 rings (SSSR count). The summed E-state index contributed by atoms with van der Waals surface area (Å²) >= 11 is 0. The van der Waals surface area contributed by atoms with E-state index in [9.17, 15) is 8.42 Å². The van der Waals surface area contributed by atoms with Crippen molar-refractivity contribution in [3.63, 3.8) is 0 Å². The summed E-state index contributed by atoms with van der Waals surface area (Å²) < 4.78 is 26.1. The summed E-state index contributed by atoms with van der Waals surface area (Å²) in [4.78, 5) is 4.41. The van der Waals surface area contributed by atoms with Crippen LogP contribution in [-0.2, 0) is 10.0 Å². The highest BCUT2D eigenvalue weighted by Gasteiger charge is 2.20. The minimum Gasteiger partial charge on any atom is -0.370 e. The maximum Gasteiger partial charge on any atom is 0.243 e. The molecule has 0 spiro atoms. The predicted molar refractivity (Wildman–Crippen MR) is 77.7 cm³/mol. The molecular weight excluding hydrogens is 262 g/mol. The normalized spacial score (nSPS) is 11.8. The average Bonchev–Trinajstić information content (AvgIpc) is 2.42. The van der Waals surface area contributed by atoms with Crippen molar-refractivity contribution in [2.75, 3.05) is 25.5 Å². The van der Waals surface area contributed by atoms with E-state index >= 15 is 0 Å². The van der Waals surface area contributed by atoms with E-state index in [0.717, 1.165) is 25.8 Å². The Hall–Kier alpha value is -1.14. The topological polar surface area (TPSA) is 62.3 Å². The van der Waals surface area contributed by atoms with Crippen molar-refractivity contribution in [3.05, 3.63) is 18.3 Å². The molecule has 0 aliphatic carbocycles. The largest absolute Gasteiger partial charge is 0.370 e. The third-order valence-electron chi connectivity index (χ3n) is 2.82. The number of nitrogens with one attached hydrogen (secondary N) is 1. The highest BCUT2D eigenvalue weighted by molar-refractivity contribution is 7.89. The van der Waals surface area contributed by atoms with Gasteiger partial charge >= 0.3 is 0 Å². The first-order valence-corrected chi connectivity index (χ1v) is 8.12. The molecule has 0 saturated heterocycles. The van der Waals surface area contributed by atoms with Gasteiger partial charge in [-0.05, 0) is 18.9 Å². The third-order valence-corrected chi connectivity index (χ3v) is 4.68. The Morgan fingerprint density at radius 2 is 2.05 bits per heavy atom. The Labute approximate surface area is 116 Å². The number of anilines is 1. The summed E-state index contributed by atoms with van der Waals surface area (Å²) in [6.07, 6.45) is 4.33. The van der Waals surface area contributed by atoms with Crippen LogP contribution in [-0.4, -0.2) is 37.8 Å². The molecule has 0 fully saturated rings. The highest BCUT2D eigenvalue weighted by atomic mass is 32.2. The quantitative estimate of drug-likeness (QED) is 0.796. The van der Waals surface area contributed by atoms with Crippen LogP contribution in [0, 0.1) is 0 Å². The van der Waals surface area contributed by atoms with Crippen LogP contribution in [0.15, 0.2) is 23.2 Å². The van der Waals surface area contributed by atoms with Gasteiger partial charge in [0.1, 0.15) is 5.82 Å². The highest BCUT2D eigenvalue weighted by Crippen LogP contribution is 2.17. The van der Waals surface area contributed by atoms with Crippen molar-refractivity contribution in [2.24, 2.45) is 0 Å². The van der Waals surface area contributed by atoms with Gasteiger partial charge in [-0.25, -0.2) is 17.7 Å². The Morgan fingerprint density at radius 3 is 2.68 bits per heavy atom. The number of aromatic nitrogens is 1. The first kappa shape index (κ1) is 15.9. The van der Waals surface area contributed by atoms with Crippen LogP contribution in [0.4, 0.5) is 5.82 Å². The van der Waals surface area contributed by atoms with Gasteiger partial charge in [-0.2, -0.15) is 0 Å². The number of hydrogen-bond acceptors (Lipinski definition) is 4. The Balaban J connectivity index is 2.88. The SMILES string of the molecule is CCCCN(C)S(=O)(=O)c1ccnc(NCCC)c1. The van der Waals surface area contributed by atoms with Gasteiger partial charge < -0.3 is 5.32 Å². The number of pyridine rings is 1. The molecule has 0 saturated carbocycles. The fraction of sp³-hybridized carbons (Fsp3) is 0.615. The van der Waals surface area contributed by atoms with Crippen LogP contribution in [0.2, 0.25) is 0 Å². The van der Waals surface area contributed by atoms with E-state index in [1.807, 2.05) is 13.8 Å². The minimum atomic E-state index is -3.41. The molecule has 1 heterocycles. The molecular formula is C13H23N3O2S. The zero-order valence-corrected chi connectivity index (χ0v) is 12.7. The first-order valence-electron chi connectivity index (χ1n) is 6.68. The Morgan fingerprint density at radius 1 is 1.32 bits per heavy atom. The van der Waals surface area contributed by atoms with Gasteiger partial charge in [0.15, 0.2) is 0 Å². The standard InChI is InChI=1S/C13H23N3O2S/c1-4-6-10-16(3)19(17,18)12-7-9-15-13(11-12)14-8-5-2/h7,9,11H,4-6,8,10H2,1-3H3,(H,14,15). The molecule has 19 heavy (non-hydrogen) atoms. The number of hydrogen-bond donors (Lipinski definition) is 1. The van der Waals surface area contributed by atoms with Crippen molar-refractivity contribution in [1.29, 1.82) is 0 Å². The van der Waals surface area contributed by atoms with Crippen LogP contribution in [0.5, 0.6) is 0 Å². The maximum atomic E-state index is 12.3. The average molecular weight is 285 g/mol. The molecule has 0 aromatic carbocycles. The van der Waals surface area contributed by atoms with Crippen molar-refractivity contribution in [3.8, 4) is 0 Å². The summed E-state index contributed by atoms with van der Waals surface area (Å²) in [6, 6.07) is 3.13. The van der Waals surface area contributed by atoms with E-state index in [-0.39, 0.29) is 0 Å². The molecule has 0 bridgehead atoms. The first-order chi connectivity index (χ1) is 9.02. The van der Waals surface area contributed by atoms with Gasteiger partial charge in [-0.3, -0.25) is 0 Å². The fourth-order valence-electron chi connectivity index (χ4n) is 1.60. The number of sulfonamides is 1. The summed E-state index contributed by atoms with van der Waals surface area (Å²) in [5.74, 6) is 0.604. The zero-order valence-electron chi connectivity index (χ0n) is 11.9.